The first-order valence-electron chi connectivity index (χ1n) is 22.3. The lowest BCUT2D eigenvalue weighted by Crippen LogP contribution is -2.44. The Morgan fingerprint density at radius 3 is 2.47 bits per heavy atom. The molecule has 10 rings (SSSR count). The van der Waals surface area contributed by atoms with Gasteiger partial charge >= 0.3 is 5.92 Å². The highest BCUT2D eigenvalue weighted by atomic mass is 35.5. The van der Waals surface area contributed by atoms with Crippen LogP contribution in [0, 0.1) is 29.3 Å². The fourth-order valence-corrected chi connectivity index (χ4v) is 10.4. The maximum absolute atomic E-state index is 16.2. The van der Waals surface area contributed by atoms with Crippen LogP contribution in [-0.4, -0.2) is 98.5 Å². The van der Waals surface area contributed by atoms with Crippen molar-refractivity contribution in [3.63, 3.8) is 0 Å². The number of imide groups is 1. The third kappa shape index (κ3) is 7.96. The minimum Gasteiger partial charge on any atom is -0.480 e. The number of nitrogens with one attached hydrogen (secondary N) is 3. The van der Waals surface area contributed by atoms with Gasteiger partial charge in [0.2, 0.25) is 23.5 Å². The van der Waals surface area contributed by atoms with Gasteiger partial charge in [-0.25, -0.2) is 31.3 Å². The van der Waals surface area contributed by atoms with Crippen LogP contribution in [0.1, 0.15) is 74.5 Å². The van der Waals surface area contributed by atoms with Crippen molar-refractivity contribution < 1.29 is 40.7 Å². The number of hydrogen-bond donors (Lipinski definition) is 3. The number of carbonyl (C=O) groups is 2. The van der Waals surface area contributed by atoms with Gasteiger partial charge in [0.25, 0.3) is 5.56 Å². The molecule has 5 aromatic rings. The number of hydrogen-bond acceptors (Lipinski definition) is 11. The van der Waals surface area contributed by atoms with E-state index in [-0.39, 0.29) is 104 Å². The lowest BCUT2D eigenvalue weighted by atomic mass is 9.86. The lowest BCUT2D eigenvalue weighted by molar-refractivity contribution is -0.134. The van der Waals surface area contributed by atoms with E-state index in [1.54, 1.807) is 11.9 Å². The third-order valence-corrected chi connectivity index (χ3v) is 14.4. The van der Waals surface area contributed by atoms with Gasteiger partial charge in [-0.05, 0) is 94.5 Å². The van der Waals surface area contributed by atoms with Crippen LogP contribution >= 0.6 is 11.6 Å². The van der Waals surface area contributed by atoms with Gasteiger partial charge in [-0.15, -0.1) is 0 Å². The summed E-state index contributed by atoms with van der Waals surface area (Å²) in [4.78, 5) is 50.2. The number of nitrogens with zero attached hydrogens (tertiary/aromatic N) is 7. The summed E-state index contributed by atoms with van der Waals surface area (Å²) < 4.78 is 102. The molecule has 0 radical (unpaired) electrons. The molecular formula is C45H47ClF6N10O4. The summed E-state index contributed by atoms with van der Waals surface area (Å²) in [5.74, 6) is -8.19. The van der Waals surface area contributed by atoms with Crippen molar-refractivity contribution >= 4 is 68.4 Å². The Morgan fingerprint density at radius 1 is 0.970 bits per heavy atom. The minimum absolute atomic E-state index is 0.00290. The van der Waals surface area contributed by atoms with Crippen molar-refractivity contribution in [3.05, 3.63) is 68.5 Å². The highest BCUT2D eigenvalue weighted by molar-refractivity contribution is 6.33. The molecule has 66 heavy (non-hydrogen) atoms. The fourth-order valence-electron chi connectivity index (χ4n) is 10.3. The van der Waals surface area contributed by atoms with E-state index in [0.29, 0.717) is 64.7 Å². The van der Waals surface area contributed by atoms with E-state index in [0.717, 1.165) is 10.6 Å². The average molecular weight is 941 g/mol. The number of benzene rings is 2. The number of ether oxygens (including phenoxy) is 1. The number of pyridine rings is 1. The third-order valence-electron chi connectivity index (χ3n) is 14.1. The number of carbonyl (C=O) groups excluding carboxylic acids is 2. The summed E-state index contributed by atoms with van der Waals surface area (Å²) in [6.07, 6.45) is 3.66. The Bertz CT molecular complexity index is 2850. The number of anilines is 4. The number of likely N-dealkylation sites (tertiary alicyclic amines) is 1. The number of aromatic nitrogens is 5. The molecule has 2 amide bonds. The lowest BCUT2D eigenvalue weighted by Gasteiger charge is -2.37. The van der Waals surface area contributed by atoms with Crippen molar-refractivity contribution in [3.8, 4) is 5.75 Å². The summed E-state index contributed by atoms with van der Waals surface area (Å²) in [5.41, 5.74) is -0.237. The molecular weight excluding hydrogens is 894 g/mol. The summed E-state index contributed by atoms with van der Waals surface area (Å²) in [7, 11) is 2.96. The molecule has 4 atom stereocenters. The number of fused-ring (bicyclic) bond motifs is 4. The quantitative estimate of drug-likeness (QED) is 0.102. The number of alkyl halides is 3. The van der Waals surface area contributed by atoms with E-state index < -0.39 is 65.5 Å². The van der Waals surface area contributed by atoms with Gasteiger partial charge in [-0.1, -0.05) is 11.6 Å². The molecule has 4 aliphatic heterocycles. The number of aryl methyl sites for hydroxylation is 2. The summed E-state index contributed by atoms with van der Waals surface area (Å²) in [5, 5.41) is 13.0. The number of rotatable bonds is 9. The predicted molar refractivity (Wildman–Crippen MR) is 234 cm³/mol. The summed E-state index contributed by atoms with van der Waals surface area (Å²) >= 11 is 6.49. The molecule has 1 aliphatic carbocycles. The number of piperidine rings is 3. The maximum atomic E-state index is 16.2. The zero-order valence-corrected chi connectivity index (χ0v) is 36.8. The predicted octanol–water partition coefficient (Wildman–Crippen LogP) is 7.20. The summed E-state index contributed by atoms with van der Waals surface area (Å²) in [6.45, 7) is 1.19. The molecule has 350 valence electrons. The molecule has 3 saturated heterocycles. The SMILES string of the molecule is Cn1nc(C2CCC(=O)NC2=O)c2cc(F)c(C3CCN(CCC4CCN(c5ncc(Cl)c(Nc6cc7c8c(c(=O)n(C)c7cc6F)OCC(F)(F)C(C6CC6)N8)n5)C[C@@H]4F)CC3)c(F)c21. The van der Waals surface area contributed by atoms with Crippen molar-refractivity contribution in [2.24, 2.45) is 25.9 Å². The second-order valence-corrected chi connectivity index (χ2v) is 18.7. The van der Waals surface area contributed by atoms with E-state index in [1.807, 2.05) is 0 Å². The molecule has 21 heteroatoms. The zero-order valence-electron chi connectivity index (χ0n) is 36.1. The topological polar surface area (TPSA) is 152 Å². The van der Waals surface area contributed by atoms with Crippen LogP contribution in [0.4, 0.5) is 49.5 Å². The van der Waals surface area contributed by atoms with Gasteiger partial charge in [0, 0.05) is 49.5 Å². The van der Waals surface area contributed by atoms with Gasteiger partial charge in [0.15, 0.2) is 18.2 Å². The van der Waals surface area contributed by atoms with E-state index in [4.69, 9.17) is 16.3 Å². The van der Waals surface area contributed by atoms with E-state index in [2.05, 4.69) is 35.9 Å². The second kappa shape index (κ2) is 16.9. The van der Waals surface area contributed by atoms with Gasteiger partial charge in [-0.2, -0.15) is 10.1 Å². The summed E-state index contributed by atoms with van der Waals surface area (Å²) in [6, 6.07) is 2.48. The van der Waals surface area contributed by atoms with Crippen LogP contribution in [-0.2, 0) is 23.7 Å². The molecule has 1 saturated carbocycles. The second-order valence-electron chi connectivity index (χ2n) is 18.3. The standard InChI is InChI=1S/C45H47ClF6N10O4/c1-59-32-17-28(47)31(16-25(32)37-39(43(59)65)66-20-45(51,52)40(56-37)23-3-4-23)54-41-27(46)18-53-44(57-41)62-14-10-21(30(49)19-62)7-11-61-12-8-22(9-13-61)34-29(48)15-26-36(58-60(2)38(26)35(34)50)24-5-6-33(63)55-42(24)64/h15-18,21-24,30,40,56H,3-14,19-20H2,1-2H3,(H,53,54,57)(H,55,63,64)/t21?,24?,30-,40?/m0/s1. The number of amides is 2. The Balaban J connectivity index is 0.776. The zero-order chi connectivity index (χ0) is 46.3. The smallest absolute Gasteiger partial charge is 0.301 e. The van der Waals surface area contributed by atoms with Gasteiger partial charge in [-0.3, -0.25) is 24.4 Å². The molecule has 14 nitrogen and oxygen atoms in total. The molecule has 3 aromatic heterocycles. The minimum atomic E-state index is -3.25. The number of halogens is 7. The van der Waals surface area contributed by atoms with Crippen LogP contribution in [0.3, 0.4) is 0 Å². The first-order valence-corrected chi connectivity index (χ1v) is 22.7. The van der Waals surface area contributed by atoms with E-state index in [1.165, 1.54) is 30.1 Å². The molecule has 7 heterocycles. The highest BCUT2D eigenvalue weighted by Crippen LogP contribution is 2.46. The van der Waals surface area contributed by atoms with Gasteiger partial charge in [0.1, 0.15) is 28.3 Å². The Hall–Kier alpha value is -5.63. The van der Waals surface area contributed by atoms with Gasteiger partial charge in [0.05, 0.1) is 47.3 Å². The van der Waals surface area contributed by atoms with Crippen LogP contribution in [0.2, 0.25) is 5.02 Å². The molecule has 0 bridgehead atoms. The monoisotopic (exact) mass is 940 g/mol. The molecule has 2 aromatic carbocycles. The van der Waals surface area contributed by atoms with Crippen molar-refractivity contribution in [2.45, 2.75) is 81.3 Å². The fraction of sp³-hybridized carbons (Fsp3) is 0.511. The van der Waals surface area contributed by atoms with Crippen LogP contribution in [0.15, 0.2) is 29.2 Å². The first-order chi connectivity index (χ1) is 31.6. The Labute approximate surface area is 379 Å². The normalized spacial score (nSPS) is 23.9. The molecule has 3 unspecified atom stereocenters. The average Bonchev–Trinajstić information content (AvgIpc) is 4.08. The van der Waals surface area contributed by atoms with Crippen LogP contribution in [0.5, 0.6) is 5.75 Å². The van der Waals surface area contributed by atoms with Crippen molar-refractivity contribution in [1.29, 1.82) is 0 Å². The molecule has 5 aliphatic rings. The first kappa shape index (κ1) is 44.2. The molecule has 0 spiro atoms. The highest BCUT2D eigenvalue weighted by Gasteiger charge is 2.51. The van der Waals surface area contributed by atoms with E-state index in [9.17, 15) is 14.4 Å². The Kier molecular flexibility index (Phi) is 11.3. The largest absolute Gasteiger partial charge is 0.480 e. The van der Waals surface area contributed by atoms with Gasteiger partial charge < -0.3 is 29.7 Å². The van der Waals surface area contributed by atoms with Crippen molar-refractivity contribution in [2.75, 3.05) is 54.9 Å². The molecule has 4 fully saturated rings. The Morgan fingerprint density at radius 2 is 1.74 bits per heavy atom. The van der Waals surface area contributed by atoms with E-state index >= 15 is 26.3 Å². The molecule has 3 N–H and O–H groups in total. The maximum Gasteiger partial charge on any atom is 0.301 e. The van der Waals surface area contributed by atoms with Crippen LogP contribution in [0.25, 0.3) is 21.8 Å². The van der Waals surface area contributed by atoms with Crippen molar-refractivity contribution in [1.82, 2.24) is 34.5 Å². The van der Waals surface area contributed by atoms with Crippen LogP contribution < -0.4 is 31.1 Å².